The molecular weight excluding hydrogens is 172 g/mol. The Hall–Kier alpha value is -1.76. The number of aliphatic hydroxyl groups is 1. The minimum atomic E-state index is 0.398. The van der Waals surface area contributed by atoms with Crippen LogP contribution in [0.5, 0.6) is 0 Å². The van der Waals surface area contributed by atoms with E-state index < -0.39 is 0 Å². The average molecular weight is 182 g/mol. The van der Waals surface area contributed by atoms with Crippen LogP contribution in [0.3, 0.4) is 0 Å². The lowest BCUT2D eigenvalue weighted by atomic mass is 9.89. The third-order valence-corrected chi connectivity index (χ3v) is 2.80. The van der Waals surface area contributed by atoms with E-state index in [0.717, 1.165) is 12.0 Å². The zero-order valence-corrected chi connectivity index (χ0v) is 7.70. The maximum Gasteiger partial charge on any atom is 0.123 e. The molecule has 0 heterocycles. The van der Waals surface area contributed by atoms with E-state index in [4.69, 9.17) is 0 Å². The molecule has 0 amide bonds. The van der Waals surface area contributed by atoms with Crippen molar-refractivity contribution in [3.8, 4) is 0 Å². The van der Waals surface area contributed by atoms with Crippen LogP contribution in [0.1, 0.15) is 11.1 Å². The molecule has 0 spiro atoms. The predicted octanol–water partition coefficient (Wildman–Crippen LogP) is 3.01. The van der Waals surface area contributed by atoms with Crippen LogP contribution in [0.25, 0.3) is 6.08 Å². The quantitative estimate of drug-likeness (QED) is 0.654. The first-order valence-electron chi connectivity index (χ1n) is 4.75. The number of rotatable bonds is 0. The number of hydrogen-bond acceptors (Lipinski definition) is 1. The molecule has 2 aliphatic rings. The van der Waals surface area contributed by atoms with E-state index in [0.29, 0.717) is 5.76 Å². The van der Waals surface area contributed by atoms with Crippen molar-refractivity contribution in [2.24, 2.45) is 0 Å². The molecule has 3 rings (SSSR count). The molecule has 2 aliphatic carbocycles. The summed E-state index contributed by atoms with van der Waals surface area (Å²) in [6.45, 7) is 0. The molecular formula is C13H10O. The summed E-state index contributed by atoms with van der Waals surface area (Å²) in [5.41, 5.74) is 4.78. The molecule has 0 radical (unpaired) electrons. The summed E-state index contributed by atoms with van der Waals surface area (Å²) >= 11 is 0. The van der Waals surface area contributed by atoms with Gasteiger partial charge < -0.3 is 5.11 Å². The van der Waals surface area contributed by atoms with Gasteiger partial charge in [0, 0.05) is 5.57 Å². The number of fused-ring (bicyclic) bond motifs is 2. The summed E-state index contributed by atoms with van der Waals surface area (Å²) < 4.78 is 0. The second-order valence-corrected chi connectivity index (χ2v) is 3.68. The van der Waals surface area contributed by atoms with Crippen molar-refractivity contribution >= 4 is 6.08 Å². The summed E-state index contributed by atoms with van der Waals surface area (Å²) in [4.78, 5) is 0. The molecule has 1 N–H and O–H groups in total. The third-order valence-electron chi connectivity index (χ3n) is 2.80. The average Bonchev–Trinajstić information content (AvgIpc) is 2.57. The van der Waals surface area contributed by atoms with Gasteiger partial charge in [0.2, 0.25) is 0 Å². The van der Waals surface area contributed by atoms with Crippen molar-refractivity contribution in [3.63, 3.8) is 0 Å². The van der Waals surface area contributed by atoms with E-state index in [1.165, 1.54) is 16.7 Å². The molecule has 0 aromatic heterocycles. The van der Waals surface area contributed by atoms with Gasteiger partial charge in [-0.05, 0) is 35.3 Å². The monoisotopic (exact) mass is 182 g/mol. The van der Waals surface area contributed by atoms with Crippen molar-refractivity contribution < 1.29 is 5.11 Å². The van der Waals surface area contributed by atoms with E-state index in [1.807, 2.05) is 12.1 Å². The van der Waals surface area contributed by atoms with Crippen LogP contribution in [0.15, 0.2) is 53.3 Å². The van der Waals surface area contributed by atoms with Gasteiger partial charge in [-0.1, -0.05) is 30.3 Å². The Labute approximate surface area is 82.7 Å². The lowest BCUT2D eigenvalue weighted by molar-refractivity contribution is 0.428. The zero-order valence-electron chi connectivity index (χ0n) is 7.70. The fraction of sp³-hybridized carbons (Fsp3) is 0.0769. The molecule has 0 saturated carbocycles. The smallest absolute Gasteiger partial charge is 0.123 e. The van der Waals surface area contributed by atoms with Crippen LogP contribution in [-0.2, 0) is 6.42 Å². The van der Waals surface area contributed by atoms with Gasteiger partial charge in [0.05, 0.1) is 0 Å². The number of benzene rings is 1. The zero-order chi connectivity index (χ0) is 9.54. The highest BCUT2D eigenvalue weighted by molar-refractivity contribution is 5.73. The lowest BCUT2D eigenvalue weighted by Crippen LogP contribution is -2.01. The molecule has 0 fully saturated rings. The highest BCUT2D eigenvalue weighted by Crippen LogP contribution is 2.34. The van der Waals surface area contributed by atoms with Crippen molar-refractivity contribution in [2.75, 3.05) is 0 Å². The Bertz CT molecular complexity index is 490. The SMILES string of the molecule is OC1=CC=C2Cc3ccccc3C=C12. The molecule has 0 aliphatic heterocycles. The third kappa shape index (κ3) is 0.956. The Morgan fingerprint density at radius 2 is 1.93 bits per heavy atom. The number of hydrogen-bond donors (Lipinski definition) is 1. The Balaban J connectivity index is 2.20. The maximum atomic E-state index is 9.59. The van der Waals surface area contributed by atoms with Gasteiger partial charge in [-0.15, -0.1) is 0 Å². The molecule has 1 aromatic carbocycles. The standard InChI is InChI=1S/C13H10O/c14-13-6-5-11-7-9-3-1-2-4-10(9)8-12(11)13/h1-6,8,14H,7H2. The van der Waals surface area contributed by atoms with Gasteiger partial charge in [0.15, 0.2) is 0 Å². The molecule has 0 unspecified atom stereocenters. The molecule has 0 bridgehead atoms. The van der Waals surface area contributed by atoms with Gasteiger partial charge in [0.25, 0.3) is 0 Å². The second kappa shape index (κ2) is 2.61. The fourth-order valence-electron chi connectivity index (χ4n) is 2.04. The predicted molar refractivity (Wildman–Crippen MR) is 56.9 cm³/mol. The van der Waals surface area contributed by atoms with E-state index in [-0.39, 0.29) is 0 Å². The summed E-state index contributed by atoms with van der Waals surface area (Å²) in [5.74, 6) is 0.398. The summed E-state index contributed by atoms with van der Waals surface area (Å²) in [6.07, 6.45) is 6.76. The van der Waals surface area contributed by atoms with Crippen molar-refractivity contribution in [1.82, 2.24) is 0 Å². The first-order chi connectivity index (χ1) is 6.84. The summed E-state index contributed by atoms with van der Waals surface area (Å²) in [6, 6.07) is 8.31. The van der Waals surface area contributed by atoms with Crippen LogP contribution in [0.2, 0.25) is 0 Å². The Morgan fingerprint density at radius 1 is 1.07 bits per heavy atom. The van der Waals surface area contributed by atoms with Crippen LogP contribution in [0, 0.1) is 0 Å². The molecule has 68 valence electrons. The minimum Gasteiger partial charge on any atom is -0.507 e. The first-order valence-corrected chi connectivity index (χ1v) is 4.75. The summed E-state index contributed by atoms with van der Waals surface area (Å²) in [5, 5.41) is 9.59. The van der Waals surface area contributed by atoms with Crippen molar-refractivity contribution in [1.29, 1.82) is 0 Å². The number of aliphatic hydroxyl groups excluding tert-OH is 1. The van der Waals surface area contributed by atoms with Crippen LogP contribution < -0.4 is 0 Å². The fourth-order valence-corrected chi connectivity index (χ4v) is 2.04. The topological polar surface area (TPSA) is 20.2 Å². The van der Waals surface area contributed by atoms with E-state index in [2.05, 4.69) is 24.3 Å². The normalized spacial score (nSPS) is 17.9. The minimum absolute atomic E-state index is 0.398. The highest BCUT2D eigenvalue weighted by Gasteiger charge is 2.20. The van der Waals surface area contributed by atoms with Gasteiger partial charge in [-0.25, -0.2) is 0 Å². The van der Waals surface area contributed by atoms with Gasteiger partial charge >= 0.3 is 0 Å². The van der Waals surface area contributed by atoms with Gasteiger partial charge in [-0.2, -0.15) is 0 Å². The summed E-state index contributed by atoms with van der Waals surface area (Å²) in [7, 11) is 0. The van der Waals surface area contributed by atoms with Gasteiger partial charge in [0.1, 0.15) is 5.76 Å². The van der Waals surface area contributed by atoms with E-state index in [1.54, 1.807) is 6.08 Å². The molecule has 1 heteroatoms. The Morgan fingerprint density at radius 3 is 2.86 bits per heavy atom. The van der Waals surface area contributed by atoms with E-state index >= 15 is 0 Å². The van der Waals surface area contributed by atoms with Crippen LogP contribution in [-0.4, -0.2) is 5.11 Å². The van der Waals surface area contributed by atoms with E-state index in [9.17, 15) is 5.11 Å². The van der Waals surface area contributed by atoms with Crippen molar-refractivity contribution in [3.05, 3.63) is 64.4 Å². The largest absolute Gasteiger partial charge is 0.507 e. The van der Waals surface area contributed by atoms with Crippen molar-refractivity contribution in [2.45, 2.75) is 6.42 Å². The number of allylic oxidation sites excluding steroid dienone is 3. The maximum absolute atomic E-state index is 9.59. The molecule has 0 saturated heterocycles. The Kier molecular flexibility index (Phi) is 1.42. The van der Waals surface area contributed by atoms with Crippen LogP contribution in [0.4, 0.5) is 0 Å². The molecule has 14 heavy (non-hydrogen) atoms. The van der Waals surface area contributed by atoms with Gasteiger partial charge in [-0.3, -0.25) is 0 Å². The highest BCUT2D eigenvalue weighted by atomic mass is 16.3. The second-order valence-electron chi connectivity index (χ2n) is 3.68. The molecule has 1 nitrogen and oxygen atoms in total. The first kappa shape index (κ1) is 7.63. The molecule has 1 aromatic rings. The van der Waals surface area contributed by atoms with Crippen LogP contribution >= 0.6 is 0 Å². The molecule has 0 atom stereocenters. The lowest BCUT2D eigenvalue weighted by Gasteiger charge is -2.16.